The Morgan fingerprint density at radius 3 is 2.87 bits per heavy atom. The lowest BCUT2D eigenvalue weighted by Crippen LogP contribution is -2.33. The Hall–Kier alpha value is -0.170. The number of nitrogens with two attached hydrogens (primary N) is 1. The van der Waals surface area contributed by atoms with Gasteiger partial charge in [-0.2, -0.15) is 0 Å². The molecular weight excluding hydrogens is 216 g/mol. The molecule has 5 nitrogen and oxygen atoms in total. The fourth-order valence-electron chi connectivity index (χ4n) is 1.88. The van der Waals surface area contributed by atoms with Crippen molar-refractivity contribution < 1.29 is 13.2 Å². The van der Waals surface area contributed by atoms with Gasteiger partial charge >= 0.3 is 0 Å². The molecule has 3 N–H and O–H groups in total. The number of hydrogen-bond acceptors (Lipinski definition) is 4. The monoisotopic (exact) mass is 236 g/mol. The highest BCUT2D eigenvalue weighted by Gasteiger charge is 2.25. The zero-order valence-electron chi connectivity index (χ0n) is 9.11. The molecule has 2 atom stereocenters. The van der Waals surface area contributed by atoms with E-state index in [1.165, 1.54) is 0 Å². The van der Waals surface area contributed by atoms with Crippen molar-refractivity contribution in [1.29, 1.82) is 0 Å². The first kappa shape index (κ1) is 12.9. The first-order valence-electron chi connectivity index (χ1n) is 5.35. The van der Waals surface area contributed by atoms with Gasteiger partial charge in [-0.1, -0.05) is 6.92 Å². The van der Waals surface area contributed by atoms with Crippen LogP contribution < -0.4 is 10.5 Å². The Balaban J connectivity index is 2.15. The van der Waals surface area contributed by atoms with E-state index in [0.717, 1.165) is 26.0 Å². The number of hydrogen-bond donors (Lipinski definition) is 2. The molecule has 6 heteroatoms. The van der Waals surface area contributed by atoms with Crippen molar-refractivity contribution in [2.75, 3.05) is 25.4 Å². The van der Waals surface area contributed by atoms with Gasteiger partial charge in [-0.3, -0.25) is 0 Å². The molecule has 1 aliphatic rings. The van der Waals surface area contributed by atoms with Crippen molar-refractivity contribution in [3.63, 3.8) is 0 Å². The van der Waals surface area contributed by atoms with Crippen molar-refractivity contribution in [2.45, 2.75) is 25.9 Å². The summed E-state index contributed by atoms with van der Waals surface area (Å²) in [5, 5.41) is 8.00. The van der Waals surface area contributed by atoms with Crippen LogP contribution in [0.15, 0.2) is 0 Å². The summed E-state index contributed by atoms with van der Waals surface area (Å²) in [5.74, 6) is 0.507. The van der Waals surface area contributed by atoms with Crippen molar-refractivity contribution in [3.8, 4) is 0 Å². The van der Waals surface area contributed by atoms with E-state index in [0.29, 0.717) is 18.6 Å². The van der Waals surface area contributed by atoms with Crippen molar-refractivity contribution in [2.24, 2.45) is 11.1 Å². The Labute approximate surface area is 91.4 Å². The maximum Gasteiger partial charge on any atom is 0.210 e. The second kappa shape index (κ2) is 5.79. The van der Waals surface area contributed by atoms with Crippen LogP contribution in [0, 0.1) is 5.92 Å². The molecule has 1 heterocycles. The minimum atomic E-state index is -3.33. The van der Waals surface area contributed by atoms with E-state index in [1.807, 2.05) is 0 Å². The summed E-state index contributed by atoms with van der Waals surface area (Å²) in [5.41, 5.74) is 0. The van der Waals surface area contributed by atoms with Gasteiger partial charge in [0.1, 0.15) is 0 Å². The number of rotatable bonds is 6. The van der Waals surface area contributed by atoms with Crippen LogP contribution in [0.5, 0.6) is 0 Å². The summed E-state index contributed by atoms with van der Waals surface area (Å²) in [4.78, 5) is 0. The molecule has 0 amide bonds. The third-order valence-corrected chi connectivity index (χ3v) is 3.49. The largest absolute Gasteiger partial charge is 0.378 e. The van der Waals surface area contributed by atoms with E-state index in [1.54, 1.807) is 0 Å². The molecule has 0 spiro atoms. The summed E-state index contributed by atoms with van der Waals surface area (Å²) in [7, 11) is -3.33. The number of sulfonamides is 1. The van der Waals surface area contributed by atoms with Crippen molar-refractivity contribution >= 4 is 10.0 Å². The molecule has 1 aliphatic heterocycles. The van der Waals surface area contributed by atoms with Gasteiger partial charge in [0.05, 0.1) is 11.9 Å². The van der Waals surface area contributed by atoms with E-state index in [4.69, 9.17) is 9.88 Å². The zero-order valence-corrected chi connectivity index (χ0v) is 9.92. The van der Waals surface area contributed by atoms with Crippen LogP contribution in [0.1, 0.15) is 19.8 Å². The highest BCUT2D eigenvalue weighted by atomic mass is 32.2. The lowest BCUT2D eigenvalue weighted by atomic mass is 10.00. The van der Waals surface area contributed by atoms with E-state index in [2.05, 4.69) is 12.2 Å². The van der Waals surface area contributed by atoms with Crippen LogP contribution in [0.3, 0.4) is 0 Å². The Kier molecular flexibility index (Phi) is 4.98. The predicted molar refractivity (Wildman–Crippen MR) is 59.0 cm³/mol. The molecule has 2 unspecified atom stereocenters. The summed E-state index contributed by atoms with van der Waals surface area (Å²) >= 11 is 0. The molecule has 0 saturated carbocycles. The second-order valence-corrected chi connectivity index (χ2v) is 5.67. The Morgan fingerprint density at radius 2 is 2.27 bits per heavy atom. The van der Waals surface area contributed by atoms with E-state index in [9.17, 15) is 8.42 Å². The average Bonchev–Trinajstić information content (AvgIpc) is 2.58. The number of primary sulfonamides is 1. The molecule has 1 rings (SSSR count). The highest BCUT2D eigenvalue weighted by molar-refractivity contribution is 7.89. The molecule has 0 aromatic rings. The zero-order chi connectivity index (χ0) is 11.3. The summed E-state index contributed by atoms with van der Waals surface area (Å²) in [6.45, 7) is 4.16. The maximum atomic E-state index is 10.7. The Morgan fingerprint density at radius 1 is 1.53 bits per heavy atom. The molecule has 0 bridgehead atoms. The van der Waals surface area contributed by atoms with Crippen LogP contribution in [-0.2, 0) is 14.8 Å². The van der Waals surface area contributed by atoms with Gasteiger partial charge in [-0.05, 0) is 18.8 Å². The minimum absolute atomic E-state index is 0.00261. The standard InChI is InChI=1S/C9H20N2O3S/c1-2-9-8(3-5-14-9)7-11-4-6-15(10,12)13/h8-9,11H,2-7H2,1H3,(H2,10,12,13). The minimum Gasteiger partial charge on any atom is -0.378 e. The maximum absolute atomic E-state index is 10.7. The smallest absolute Gasteiger partial charge is 0.210 e. The van der Waals surface area contributed by atoms with Gasteiger partial charge < -0.3 is 10.1 Å². The molecule has 0 aromatic heterocycles. The highest BCUT2D eigenvalue weighted by Crippen LogP contribution is 2.22. The van der Waals surface area contributed by atoms with Crippen LogP contribution in [-0.4, -0.2) is 40.0 Å². The molecule has 0 aliphatic carbocycles. The molecular formula is C9H20N2O3S. The fraction of sp³-hybridized carbons (Fsp3) is 1.00. The predicted octanol–water partition coefficient (Wildman–Crippen LogP) is -0.320. The van der Waals surface area contributed by atoms with Gasteiger partial charge in [0.25, 0.3) is 0 Å². The quantitative estimate of drug-likeness (QED) is 0.619. The normalized spacial score (nSPS) is 27.1. The van der Waals surface area contributed by atoms with Crippen molar-refractivity contribution in [3.05, 3.63) is 0 Å². The molecule has 1 saturated heterocycles. The van der Waals surface area contributed by atoms with Crippen LogP contribution in [0.2, 0.25) is 0 Å². The van der Waals surface area contributed by atoms with E-state index in [-0.39, 0.29) is 5.75 Å². The SMILES string of the molecule is CCC1OCCC1CNCCS(N)(=O)=O. The van der Waals surface area contributed by atoms with E-state index < -0.39 is 10.0 Å². The van der Waals surface area contributed by atoms with Crippen LogP contribution in [0.4, 0.5) is 0 Å². The molecule has 15 heavy (non-hydrogen) atoms. The third-order valence-electron chi connectivity index (χ3n) is 2.72. The van der Waals surface area contributed by atoms with Gasteiger partial charge in [0.2, 0.25) is 10.0 Å². The average molecular weight is 236 g/mol. The first-order valence-corrected chi connectivity index (χ1v) is 7.07. The number of nitrogens with one attached hydrogen (secondary N) is 1. The summed E-state index contributed by atoms with van der Waals surface area (Å²) in [6.07, 6.45) is 2.40. The van der Waals surface area contributed by atoms with Crippen LogP contribution in [0.25, 0.3) is 0 Å². The fourth-order valence-corrected chi connectivity index (χ4v) is 2.31. The summed E-state index contributed by atoms with van der Waals surface area (Å²) < 4.78 is 26.9. The Bertz CT molecular complexity index is 279. The van der Waals surface area contributed by atoms with Gasteiger partial charge in [-0.15, -0.1) is 0 Å². The lowest BCUT2D eigenvalue weighted by Gasteiger charge is -2.16. The van der Waals surface area contributed by atoms with Crippen molar-refractivity contribution in [1.82, 2.24) is 5.32 Å². The van der Waals surface area contributed by atoms with Gasteiger partial charge in [0.15, 0.2) is 0 Å². The topological polar surface area (TPSA) is 81.4 Å². The molecule has 0 radical (unpaired) electrons. The second-order valence-electron chi connectivity index (χ2n) is 3.94. The van der Waals surface area contributed by atoms with Gasteiger partial charge in [0, 0.05) is 19.7 Å². The molecule has 90 valence electrons. The van der Waals surface area contributed by atoms with Gasteiger partial charge in [-0.25, -0.2) is 13.6 Å². The number of ether oxygens (including phenoxy) is 1. The van der Waals surface area contributed by atoms with Crippen LogP contribution >= 0.6 is 0 Å². The lowest BCUT2D eigenvalue weighted by molar-refractivity contribution is 0.0874. The van der Waals surface area contributed by atoms with E-state index >= 15 is 0 Å². The molecule has 1 fully saturated rings. The third kappa shape index (κ3) is 4.92. The summed E-state index contributed by atoms with van der Waals surface area (Å²) in [6, 6.07) is 0. The first-order chi connectivity index (χ1) is 7.03. The molecule has 0 aromatic carbocycles.